The number of H-pyrrole nitrogens is 2. The number of aromatic nitrogens is 3. The van der Waals surface area contributed by atoms with Gasteiger partial charge in [-0.15, -0.1) is 0 Å². The van der Waals surface area contributed by atoms with Gasteiger partial charge < -0.3 is 0 Å². The van der Waals surface area contributed by atoms with Gasteiger partial charge in [-0.1, -0.05) is 19.8 Å². The molecule has 2 rings (SSSR count). The van der Waals surface area contributed by atoms with Crippen molar-refractivity contribution in [2.24, 2.45) is 5.92 Å². The predicted molar refractivity (Wildman–Crippen MR) is 58.6 cm³/mol. The van der Waals surface area contributed by atoms with Gasteiger partial charge in [-0.05, 0) is 18.8 Å². The molecule has 2 N–H and O–H groups in total. The summed E-state index contributed by atoms with van der Waals surface area (Å²) < 4.78 is 1.14. The van der Waals surface area contributed by atoms with Crippen LogP contribution in [0.1, 0.15) is 38.6 Å². The average molecular weight is 225 g/mol. The Balaban J connectivity index is 2.44. The minimum atomic E-state index is -0.741. The highest BCUT2D eigenvalue weighted by Gasteiger charge is 2.22. The van der Waals surface area contributed by atoms with Gasteiger partial charge in [0, 0.05) is 6.04 Å². The summed E-state index contributed by atoms with van der Waals surface area (Å²) >= 11 is 0. The number of rotatable bonds is 1. The molecule has 0 radical (unpaired) electrons. The van der Waals surface area contributed by atoms with Crippen LogP contribution >= 0.6 is 0 Å². The van der Waals surface area contributed by atoms with E-state index in [-0.39, 0.29) is 6.04 Å². The molecular formula is C10H15N3O3. The molecule has 1 heterocycles. The van der Waals surface area contributed by atoms with E-state index < -0.39 is 17.1 Å². The fraction of sp³-hybridized carbons (Fsp3) is 0.700. The number of aromatic amines is 2. The van der Waals surface area contributed by atoms with Crippen LogP contribution in [-0.2, 0) is 0 Å². The highest BCUT2D eigenvalue weighted by atomic mass is 16.2. The lowest BCUT2D eigenvalue weighted by molar-refractivity contribution is 0.268. The van der Waals surface area contributed by atoms with Crippen LogP contribution < -0.4 is 17.1 Å². The molecular weight excluding hydrogens is 210 g/mol. The summed E-state index contributed by atoms with van der Waals surface area (Å²) in [6.45, 7) is 2.11. The Hall–Kier alpha value is -1.59. The van der Waals surface area contributed by atoms with E-state index in [2.05, 4.69) is 16.9 Å². The molecule has 2 unspecified atom stereocenters. The smallest absolute Gasteiger partial charge is 0.259 e. The molecule has 0 aromatic carbocycles. The van der Waals surface area contributed by atoms with Crippen LogP contribution in [0.2, 0.25) is 0 Å². The van der Waals surface area contributed by atoms with Gasteiger partial charge in [0.2, 0.25) is 0 Å². The molecule has 1 aliphatic rings. The van der Waals surface area contributed by atoms with Crippen molar-refractivity contribution < 1.29 is 0 Å². The highest BCUT2D eigenvalue weighted by molar-refractivity contribution is 4.80. The summed E-state index contributed by atoms with van der Waals surface area (Å²) in [7, 11) is 0. The molecule has 0 amide bonds. The number of hydrogen-bond donors (Lipinski definition) is 2. The molecule has 6 heteroatoms. The van der Waals surface area contributed by atoms with Crippen molar-refractivity contribution in [1.82, 2.24) is 14.5 Å². The van der Waals surface area contributed by atoms with Gasteiger partial charge in [-0.25, -0.2) is 19.0 Å². The first-order valence-corrected chi connectivity index (χ1v) is 5.53. The molecule has 0 aliphatic heterocycles. The van der Waals surface area contributed by atoms with Gasteiger partial charge >= 0.3 is 17.1 Å². The molecule has 16 heavy (non-hydrogen) atoms. The van der Waals surface area contributed by atoms with E-state index in [9.17, 15) is 14.4 Å². The minimum absolute atomic E-state index is 0.0863. The van der Waals surface area contributed by atoms with Gasteiger partial charge in [0.25, 0.3) is 0 Å². The minimum Gasteiger partial charge on any atom is -0.259 e. The molecule has 1 fully saturated rings. The average Bonchev–Trinajstić information content (AvgIpc) is 2.15. The van der Waals surface area contributed by atoms with Crippen molar-refractivity contribution in [1.29, 1.82) is 0 Å². The van der Waals surface area contributed by atoms with Gasteiger partial charge in [-0.2, -0.15) is 0 Å². The Bertz CT molecular complexity index is 505. The summed E-state index contributed by atoms with van der Waals surface area (Å²) in [6.07, 6.45) is 3.78. The Morgan fingerprint density at radius 2 is 1.75 bits per heavy atom. The molecule has 88 valence electrons. The van der Waals surface area contributed by atoms with E-state index >= 15 is 0 Å². The fourth-order valence-corrected chi connectivity index (χ4v) is 2.41. The quantitative estimate of drug-likeness (QED) is 0.703. The van der Waals surface area contributed by atoms with Gasteiger partial charge in [0.05, 0.1) is 0 Å². The Morgan fingerprint density at radius 3 is 2.31 bits per heavy atom. The third-order valence-corrected chi connectivity index (χ3v) is 3.15. The lowest BCUT2D eigenvalue weighted by Gasteiger charge is -2.26. The Labute approximate surface area is 91.3 Å². The zero-order valence-corrected chi connectivity index (χ0v) is 9.16. The maximum absolute atomic E-state index is 11.6. The van der Waals surface area contributed by atoms with Crippen molar-refractivity contribution in [3.63, 3.8) is 0 Å². The molecule has 1 aromatic heterocycles. The van der Waals surface area contributed by atoms with Crippen LogP contribution in [0.15, 0.2) is 14.4 Å². The monoisotopic (exact) mass is 225 g/mol. The van der Waals surface area contributed by atoms with E-state index in [1.54, 1.807) is 0 Å². The summed E-state index contributed by atoms with van der Waals surface area (Å²) in [5.74, 6) is 0.511. The number of nitrogens with zero attached hydrogens (tertiary/aromatic N) is 1. The van der Waals surface area contributed by atoms with Crippen molar-refractivity contribution in [2.45, 2.75) is 38.6 Å². The molecule has 0 bridgehead atoms. The largest absolute Gasteiger partial charge is 0.333 e. The summed E-state index contributed by atoms with van der Waals surface area (Å²) in [5.41, 5.74) is -1.95. The number of hydrogen-bond acceptors (Lipinski definition) is 3. The van der Waals surface area contributed by atoms with Crippen molar-refractivity contribution in [3.8, 4) is 0 Å². The van der Waals surface area contributed by atoms with Crippen LogP contribution in [0.4, 0.5) is 0 Å². The first-order chi connectivity index (χ1) is 7.58. The molecule has 0 saturated heterocycles. The van der Waals surface area contributed by atoms with Gasteiger partial charge in [0.15, 0.2) is 0 Å². The SMILES string of the molecule is CC1CCCC(n2c(=O)[nH]c(=O)[nH]c2=O)C1. The zero-order chi connectivity index (χ0) is 11.7. The van der Waals surface area contributed by atoms with Crippen molar-refractivity contribution in [3.05, 3.63) is 31.5 Å². The topological polar surface area (TPSA) is 87.7 Å². The maximum atomic E-state index is 11.6. The second kappa shape index (κ2) is 4.11. The lowest BCUT2D eigenvalue weighted by atomic mass is 9.87. The van der Waals surface area contributed by atoms with E-state index in [0.717, 1.165) is 30.3 Å². The molecule has 0 spiro atoms. The molecule has 1 aromatic rings. The van der Waals surface area contributed by atoms with E-state index in [0.29, 0.717) is 5.92 Å². The van der Waals surface area contributed by atoms with Gasteiger partial charge in [0.1, 0.15) is 0 Å². The standard InChI is InChI=1S/C10H15N3O3/c1-6-3-2-4-7(5-6)13-9(15)11-8(14)12-10(13)16/h6-7H,2-5H2,1H3,(H2,11,12,14,15,16). The third-order valence-electron chi connectivity index (χ3n) is 3.15. The first-order valence-electron chi connectivity index (χ1n) is 5.53. The second-order valence-corrected chi connectivity index (χ2v) is 4.49. The zero-order valence-electron chi connectivity index (χ0n) is 9.16. The normalized spacial score (nSPS) is 25.6. The van der Waals surface area contributed by atoms with E-state index in [1.807, 2.05) is 0 Å². The maximum Gasteiger partial charge on any atom is 0.333 e. The highest BCUT2D eigenvalue weighted by Crippen LogP contribution is 2.30. The van der Waals surface area contributed by atoms with Crippen molar-refractivity contribution >= 4 is 0 Å². The summed E-state index contributed by atoms with van der Waals surface area (Å²) in [5, 5.41) is 0. The van der Waals surface area contributed by atoms with Crippen LogP contribution in [0, 0.1) is 5.92 Å². The predicted octanol–water partition coefficient (Wildman–Crippen LogP) is -0.0239. The Morgan fingerprint density at radius 1 is 1.12 bits per heavy atom. The van der Waals surface area contributed by atoms with Crippen LogP contribution in [0.5, 0.6) is 0 Å². The van der Waals surface area contributed by atoms with Gasteiger partial charge in [-0.3, -0.25) is 9.97 Å². The first kappa shape index (κ1) is 10.9. The summed E-state index contributed by atoms with van der Waals surface area (Å²) in [6, 6.07) is -0.0863. The van der Waals surface area contributed by atoms with Crippen LogP contribution in [-0.4, -0.2) is 14.5 Å². The van der Waals surface area contributed by atoms with E-state index in [1.165, 1.54) is 0 Å². The molecule has 1 aliphatic carbocycles. The molecule has 2 atom stereocenters. The fourth-order valence-electron chi connectivity index (χ4n) is 2.41. The summed E-state index contributed by atoms with van der Waals surface area (Å²) in [4.78, 5) is 38.2. The molecule has 6 nitrogen and oxygen atoms in total. The van der Waals surface area contributed by atoms with Crippen LogP contribution in [0.25, 0.3) is 0 Å². The lowest BCUT2D eigenvalue weighted by Crippen LogP contribution is -2.45. The van der Waals surface area contributed by atoms with Crippen LogP contribution in [0.3, 0.4) is 0 Å². The second-order valence-electron chi connectivity index (χ2n) is 4.49. The van der Waals surface area contributed by atoms with E-state index in [4.69, 9.17) is 0 Å². The molecule has 1 saturated carbocycles. The number of nitrogens with one attached hydrogen (secondary N) is 2. The third kappa shape index (κ3) is 2.00. The van der Waals surface area contributed by atoms with Crippen molar-refractivity contribution in [2.75, 3.05) is 0 Å². The Kier molecular flexibility index (Phi) is 2.80.